The maximum absolute atomic E-state index is 11.3. The van der Waals surface area contributed by atoms with Gasteiger partial charge in [0.15, 0.2) is 0 Å². The summed E-state index contributed by atoms with van der Waals surface area (Å²) in [6, 6.07) is 4.84. The number of nitrogens with one attached hydrogen (secondary N) is 2. The van der Waals surface area contributed by atoms with Crippen LogP contribution in [-0.4, -0.2) is 33.7 Å². The molecule has 6 nitrogen and oxygen atoms in total. The fourth-order valence-electron chi connectivity index (χ4n) is 1.64. The lowest BCUT2D eigenvalue weighted by Gasteiger charge is -2.10. The van der Waals surface area contributed by atoms with Crippen molar-refractivity contribution in [2.24, 2.45) is 0 Å². The van der Waals surface area contributed by atoms with Gasteiger partial charge >= 0.3 is 0 Å². The van der Waals surface area contributed by atoms with Crippen LogP contribution >= 0.6 is 0 Å². The van der Waals surface area contributed by atoms with Gasteiger partial charge in [-0.2, -0.15) is 0 Å². The predicted molar refractivity (Wildman–Crippen MR) is 83.9 cm³/mol. The Balaban J connectivity index is 2.75. The van der Waals surface area contributed by atoms with Crippen LogP contribution in [0.25, 0.3) is 0 Å². The molecule has 2 N–H and O–H groups in total. The highest BCUT2D eigenvalue weighted by Gasteiger charge is 2.09. The molecular formula is C13H21N3O3S. The van der Waals surface area contributed by atoms with Crippen LogP contribution in [0.3, 0.4) is 0 Å². The molecule has 112 valence electrons. The molecule has 1 atom stereocenters. The maximum atomic E-state index is 11.3. The molecule has 0 aliphatic heterocycles. The monoisotopic (exact) mass is 299 g/mol. The highest BCUT2D eigenvalue weighted by atomic mass is 32.2. The van der Waals surface area contributed by atoms with Gasteiger partial charge in [0.1, 0.15) is 0 Å². The number of nitrogens with zero attached hydrogens (tertiary/aromatic N) is 1. The highest BCUT2D eigenvalue weighted by molar-refractivity contribution is 7.84. The van der Waals surface area contributed by atoms with Crippen molar-refractivity contribution < 1.29 is 9.13 Å². The van der Waals surface area contributed by atoms with Crippen molar-refractivity contribution in [1.82, 2.24) is 0 Å². The van der Waals surface area contributed by atoms with Crippen LogP contribution in [0.4, 0.5) is 17.1 Å². The van der Waals surface area contributed by atoms with E-state index in [0.717, 1.165) is 18.7 Å². The number of hydrogen-bond acceptors (Lipinski definition) is 5. The zero-order chi connectivity index (χ0) is 15.0. The summed E-state index contributed by atoms with van der Waals surface area (Å²) in [5.41, 5.74) is 1.44. The Morgan fingerprint density at radius 3 is 2.25 bits per heavy atom. The van der Waals surface area contributed by atoms with E-state index in [1.165, 1.54) is 12.1 Å². The minimum absolute atomic E-state index is 0.0465. The van der Waals surface area contributed by atoms with Gasteiger partial charge in [-0.15, -0.1) is 0 Å². The van der Waals surface area contributed by atoms with E-state index in [1.807, 2.05) is 19.9 Å². The summed E-state index contributed by atoms with van der Waals surface area (Å²) in [7, 11) is -0.837. The highest BCUT2D eigenvalue weighted by Crippen LogP contribution is 2.24. The van der Waals surface area contributed by atoms with Crippen molar-refractivity contribution in [2.45, 2.75) is 20.3 Å². The molecular weight excluding hydrogens is 278 g/mol. The normalized spacial score (nSPS) is 11.9. The first kappa shape index (κ1) is 16.4. The lowest BCUT2D eigenvalue weighted by atomic mass is 10.2. The fraction of sp³-hybridized carbons (Fsp3) is 0.538. The molecule has 0 fully saturated rings. The first-order valence-corrected chi connectivity index (χ1v) is 8.17. The summed E-state index contributed by atoms with van der Waals surface area (Å²) in [4.78, 5) is 10.5. The van der Waals surface area contributed by atoms with Gasteiger partial charge in [0.25, 0.3) is 5.69 Å². The quantitative estimate of drug-likeness (QED) is 0.541. The zero-order valence-electron chi connectivity index (χ0n) is 11.8. The molecule has 0 radical (unpaired) electrons. The molecule has 0 heterocycles. The molecule has 0 aliphatic rings. The third-order valence-electron chi connectivity index (χ3n) is 2.69. The summed E-state index contributed by atoms with van der Waals surface area (Å²) in [5.74, 6) is 1.16. The molecule has 7 heteroatoms. The molecule has 1 unspecified atom stereocenters. The molecule has 20 heavy (non-hydrogen) atoms. The van der Waals surface area contributed by atoms with E-state index in [1.54, 1.807) is 0 Å². The maximum Gasteiger partial charge on any atom is 0.273 e. The molecule has 0 amide bonds. The standard InChI is InChI=1S/C13H21N3O3S/c1-3-5-14-11-8-12(10-13(9-11)16(17)18)15-6-7-20(19)4-2/h8-10,14-15H,3-7H2,1-2H3. The third kappa shape index (κ3) is 5.56. The van der Waals surface area contributed by atoms with E-state index >= 15 is 0 Å². The number of non-ortho nitro benzene ring substituents is 1. The molecule has 0 saturated heterocycles. The molecule has 0 aromatic heterocycles. The van der Waals surface area contributed by atoms with E-state index in [2.05, 4.69) is 10.6 Å². The summed E-state index contributed by atoms with van der Waals surface area (Å²) in [5, 5.41) is 17.1. The second-order valence-corrected chi connectivity index (χ2v) is 6.18. The molecule has 1 rings (SSSR count). The van der Waals surface area contributed by atoms with E-state index in [-0.39, 0.29) is 5.69 Å². The smallest absolute Gasteiger partial charge is 0.273 e. The molecule has 0 spiro atoms. The van der Waals surface area contributed by atoms with Gasteiger partial charge in [0.05, 0.1) is 4.92 Å². The number of hydrogen-bond donors (Lipinski definition) is 2. The largest absolute Gasteiger partial charge is 0.385 e. The van der Waals surface area contributed by atoms with Crippen molar-refractivity contribution in [3.63, 3.8) is 0 Å². The first-order chi connectivity index (χ1) is 9.56. The second kappa shape index (κ2) is 8.52. The lowest BCUT2D eigenvalue weighted by Crippen LogP contribution is -2.12. The molecule has 0 aliphatic carbocycles. The fourth-order valence-corrected chi connectivity index (χ4v) is 2.26. The average Bonchev–Trinajstić information content (AvgIpc) is 2.44. The molecule has 1 aromatic rings. The van der Waals surface area contributed by atoms with Crippen molar-refractivity contribution in [1.29, 1.82) is 0 Å². The Bertz CT molecular complexity index is 480. The number of nitro benzene ring substituents is 1. The van der Waals surface area contributed by atoms with Gasteiger partial charge in [-0.25, -0.2) is 0 Å². The summed E-state index contributed by atoms with van der Waals surface area (Å²) in [6.07, 6.45) is 0.945. The number of benzene rings is 1. The van der Waals surface area contributed by atoms with Crippen LogP contribution in [-0.2, 0) is 10.8 Å². The Labute approximate surface area is 121 Å². The van der Waals surface area contributed by atoms with Crippen molar-refractivity contribution in [3.8, 4) is 0 Å². The van der Waals surface area contributed by atoms with E-state index in [4.69, 9.17) is 0 Å². The molecule has 1 aromatic carbocycles. The Hall–Kier alpha value is -1.63. The van der Waals surface area contributed by atoms with Gasteiger partial charge in [0, 0.05) is 58.9 Å². The predicted octanol–water partition coefficient (Wildman–Crippen LogP) is 2.60. The lowest BCUT2D eigenvalue weighted by molar-refractivity contribution is -0.384. The topological polar surface area (TPSA) is 84.3 Å². The Kier molecular flexibility index (Phi) is 7.00. The third-order valence-corrected chi connectivity index (χ3v) is 3.99. The van der Waals surface area contributed by atoms with Crippen LogP contribution in [0, 0.1) is 10.1 Å². The van der Waals surface area contributed by atoms with Gasteiger partial charge in [-0.3, -0.25) is 14.3 Å². The van der Waals surface area contributed by atoms with Crippen LogP contribution < -0.4 is 10.6 Å². The van der Waals surface area contributed by atoms with Gasteiger partial charge in [0.2, 0.25) is 0 Å². The SMILES string of the molecule is CCCNc1cc(NCCS(=O)CC)cc([N+](=O)[O-])c1. The van der Waals surface area contributed by atoms with E-state index in [9.17, 15) is 14.3 Å². The van der Waals surface area contributed by atoms with Crippen molar-refractivity contribution >= 4 is 27.9 Å². The van der Waals surface area contributed by atoms with Crippen LogP contribution in [0.15, 0.2) is 18.2 Å². The van der Waals surface area contributed by atoms with E-state index in [0.29, 0.717) is 23.7 Å². The first-order valence-electron chi connectivity index (χ1n) is 6.69. The Morgan fingerprint density at radius 1 is 1.15 bits per heavy atom. The van der Waals surface area contributed by atoms with Gasteiger partial charge in [-0.05, 0) is 12.5 Å². The van der Waals surface area contributed by atoms with Gasteiger partial charge < -0.3 is 10.6 Å². The number of nitro groups is 1. The minimum atomic E-state index is -0.837. The van der Waals surface area contributed by atoms with Crippen LogP contribution in [0.5, 0.6) is 0 Å². The molecule has 0 saturated carbocycles. The number of rotatable bonds is 9. The van der Waals surface area contributed by atoms with Crippen LogP contribution in [0.2, 0.25) is 0 Å². The van der Waals surface area contributed by atoms with Crippen molar-refractivity contribution in [2.75, 3.05) is 35.2 Å². The van der Waals surface area contributed by atoms with Crippen LogP contribution in [0.1, 0.15) is 20.3 Å². The summed E-state index contributed by atoms with van der Waals surface area (Å²) in [6.45, 7) is 5.20. The van der Waals surface area contributed by atoms with Crippen molar-refractivity contribution in [3.05, 3.63) is 28.3 Å². The zero-order valence-corrected chi connectivity index (χ0v) is 12.7. The summed E-state index contributed by atoms with van der Waals surface area (Å²) < 4.78 is 11.3. The Morgan fingerprint density at radius 2 is 1.75 bits per heavy atom. The van der Waals surface area contributed by atoms with Gasteiger partial charge in [-0.1, -0.05) is 13.8 Å². The average molecular weight is 299 g/mol. The summed E-state index contributed by atoms with van der Waals surface area (Å²) >= 11 is 0. The minimum Gasteiger partial charge on any atom is -0.385 e. The number of anilines is 2. The second-order valence-electron chi connectivity index (χ2n) is 4.31. The van der Waals surface area contributed by atoms with E-state index < -0.39 is 15.7 Å². The molecule has 0 bridgehead atoms.